The van der Waals surface area contributed by atoms with Gasteiger partial charge in [0.25, 0.3) is 0 Å². The van der Waals surface area contributed by atoms with Crippen LogP contribution in [0.25, 0.3) is 0 Å². The summed E-state index contributed by atoms with van der Waals surface area (Å²) >= 11 is 0. The van der Waals surface area contributed by atoms with Crippen LogP contribution in [-0.4, -0.2) is 48.6 Å². The lowest BCUT2D eigenvalue weighted by Crippen LogP contribution is -2.41. The van der Waals surface area contributed by atoms with Gasteiger partial charge >= 0.3 is 0 Å². The van der Waals surface area contributed by atoms with Crippen molar-refractivity contribution in [1.29, 1.82) is 0 Å². The minimum absolute atomic E-state index is 0.106. The van der Waals surface area contributed by atoms with E-state index in [4.69, 9.17) is 4.74 Å². The molecule has 0 aromatic heterocycles. The molecule has 0 N–H and O–H groups in total. The summed E-state index contributed by atoms with van der Waals surface area (Å²) < 4.78 is 5.97. The van der Waals surface area contributed by atoms with Gasteiger partial charge in [-0.05, 0) is 18.1 Å². The maximum absolute atomic E-state index is 12.8. The molecule has 2 aliphatic rings. The number of likely N-dealkylation sites (tertiary alicyclic amines) is 1. The molecule has 0 unspecified atom stereocenters. The first kappa shape index (κ1) is 18.2. The highest BCUT2D eigenvalue weighted by molar-refractivity contribution is 5.79. The molecule has 2 saturated heterocycles. The summed E-state index contributed by atoms with van der Waals surface area (Å²) in [4.78, 5) is 17.3. The Labute approximate surface area is 161 Å². The smallest absolute Gasteiger partial charge is 0.223 e. The third-order valence-corrected chi connectivity index (χ3v) is 5.92. The van der Waals surface area contributed by atoms with Gasteiger partial charge in [0.2, 0.25) is 5.91 Å². The van der Waals surface area contributed by atoms with Crippen LogP contribution >= 0.6 is 0 Å². The van der Waals surface area contributed by atoms with E-state index in [0.29, 0.717) is 25.6 Å². The zero-order valence-corrected chi connectivity index (χ0v) is 16.0. The molecule has 4 heteroatoms. The van der Waals surface area contributed by atoms with Crippen molar-refractivity contribution >= 4 is 5.91 Å². The monoisotopic (exact) mass is 364 g/mol. The molecule has 142 valence electrons. The lowest BCUT2D eigenvalue weighted by atomic mass is 9.86. The largest absolute Gasteiger partial charge is 0.379 e. The Morgan fingerprint density at radius 1 is 1.04 bits per heavy atom. The van der Waals surface area contributed by atoms with E-state index in [1.165, 1.54) is 11.1 Å². The molecular weight excluding hydrogens is 336 g/mol. The van der Waals surface area contributed by atoms with Crippen molar-refractivity contribution in [2.24, 2.45) is 5.41 Å². The molecule has 2 atom stereocenters. The van der Waals surface area contributed by atoms with E-state index in [9.17, 15) is 4.79 Å². The highest BCUT2D eigenvalue weighted by atomic mass is 16.5. The summed E-state index contributed by atoms with van der Waals surface area (Å²) in [5.41, 5.74) is 2.40. The second-order valence-electron chi connectivity index (χ2n) is 8.02. The van der Waals surface area contributed by atoms with Crippen molar-refractivity contribution in [3.63, 3.8) is 0 Å². The lowest BCUT2D eigenvalue weighted by Gasteiger charge is -2.35. The molecule has 1 amide bonds. The average molecular weight is 364 g/mol. The predicted octanol–water partition coefficient (Wildman–Crippen LogP) is 3.50. The summed E-state index contributed by atoms with van der Waals surface area (Å²) in [5.74, 6) is 0.247. The fourth-order valence-electron chi connectivity index (χ4n) is 4.43. The van der Waals surface area contributed by atoms with Gasteiger partial charge < -0.3 is 9.64 Å². The second kappa shape index (κ2) is 7.83. The highest BCUT2D eigenvalue weighted by Crippen LogP contribution is 2.37. The predicted molar refractivity (Wildman–Crippen MR) is 106 cm³/mol. The van der Waals surface area contributed by atoms with Gasteiger partial charge in [-0.3, -0.25) is 9.69 Å². The van der Waals surface area contributed by atoms with Crippen LogP contribution in [0.2, 0.25) is 0 Å². The summed E-state index contributed by atoms with van der Waals surface area (Å²) in [6, 6.07) is 21.2. The zero-order valence-electron chi connectivity index (χ0n) is 16.0. The molecular formula is C23H28N2O2. The van der Waals surface area contributed by atoms with E-state index < -0.39 is 0 Å². The van der Waals surface area contributed by atoms with Crippen molar-refractivity contribution in [1.82, 2.24) is 9.80 Å². The van der Waals surface area contributed by atoms with Crippen LogP contribution in [0.1, 0.15) is 30.5 Å². The third kappa shape index (κ3) is 4.07. The average Bonchev–Trinajstić information content (AvgIpc) is 2.87. The topological polar surface area (TPSA) is 32.8 Å². The molecule has 4 rings (SSSR count). The van der Waals surface area contributed by atoms with Crippen LogP contribution in [0, 0.1) is 5.41 Å². The maximum atomic E-state index is 12.8. The fourth-order valence-corrected chi connectivity index (χ4v) is 4.43. The Hall–Kier alpha value is -2.17. The van der Waals surface area contributed by atoms with Gasteiger partial charge in [-0.15, -0.1) is 0 Å². The molecule has 0 saturated carbocycles. The summed E-state index contributed by atoms with van der Waals surface area (Å²) in [6.07, 6.45) is 0.581. The molecule has 27 heavy (non-hydrogen) atoms. The standard InChI is InChI=1S/C23H28N2O2/c1-19(21-10-6-3-7-11-21)24-12-13-27-18-23(16-24)14-22(26)25(17-23)15-20-8-4-2-5-9-20/h2-11,19H,12-18H2,1H3/t19-,23+/m0/s1. The summed E-state index contributed by atoms with van der Waals surface area (Å²) in [7, 11) is 0. The third-order valence-electron chi connectivity index (χ3n) is 5.92. The maximum Gasteiger partial charge on any atom is 0.223 e. The van der Waals surface area contributed by atoms with Crippen molar-refractivity contribution in [3.8, 4) is 0 Å². The Kier molecular flexibility index (Phi) is 5.28. The fraction of sp³-hybridized carbons (Fsp3) is 0.435. The van der Waals surface area contributed by atoms with Gasteiger partial charge in [0.15, 0.2) is 0 Å². The van der Waals surface area contributed by atoms with Crippen LogP contribution in [0.4, 0.5) is 0 Å². The van der Waals surface area contributed by atoms with Gasteiger partial charge in [0.05, 0.1) is 13.2 Å². The molecule has 2 aliphatic heterocycles. The number of rotatable bonds is 4. The zero-order chi connectivity index (χ0) is 18.7. The quantitative estimate of drug-likeness (QED) is 0.832. The minimum atomic E-state index is -0.106. The first-order valence-electron chi connectivity index (χ1n) is 9.84. The molecule has 0 radical (unpaired) electrons. The van der Waals surface area contributed by atoms with Crippen LogP contribution in [0.5, 0.6) is 0 Å². The van der Waals surface area contributed by atoms with E-state index in [2.05, 4.69) is 54.3 Å². The number of amides is 1. The first-order valence-corrected chi connectivity index (χ1v) is 9.84. The lowest BCUT2D eigenvalue weighted by molar-refractivity contribution is -0.128. The van der Waals surface area contributed by atoms with Gasteiger partial charge in [0.1, 0.15) is 0 Å². The Balaban J connectivity index is 1.49. The first-order chi connectivity index (χ1) is 13.2. The number of benzene rings is 2. The molecule has 2 fully saturated rings. The number of hydrogen-bond acceptors (Lipinski definition) is 3. The molecule has 0 bridgehead atoms. The Morgan fingerprint density at radius 3 is 2.48 bits per heavy atom. The van der Waals surface area contributed by atoms with Crippen molar-refractivity contribution in [3.05, 3.63) is 71.8 Å². The SMILES string of the molecule is C[C@@H](c1ccccc1)N1CCOC[C@]2(CC(=O)N(Cc3ccccc3)C2)C1. The number of ether oxygens (including phenoxy) is 1. The van der Waals surface area contributed by atoms with Crippen LogP contribution in [-0.2, 0) is 16.1 Å². The minimum Gasteiger partial charge on any atom is -0.379 e. The van der Waals surface area contributed by atoms with Gasteiger partial charge in [-0.25, -0.2) is 0 Å². The molecule has 2 aromatic carbocycles. The van der Waals surface area contributed by atoms with Crippen molar-refractivity contribution in [2.45, 2.75) is 25.9 Å². The van der Waals surface area contributed by atoms with Gasteiger partial charge in [-0.2, -0.15) is 0 Å². The number of hydrogen-bond donors (Lipinski definition) is 0. The summed E-state index contributed by atoms with van der Waals surface area (Å²) in [6.45, 7) is 6.93. The molecule has 1 spiro atoms. The van der Waals surface area contributed by atoms with Crippen LogP contribution in [0.3, 0.4) is 0 Å². The molecule has 4 nitrogen and oxygen atoms in total. The van der Waals surface area contributed by atoms with E-state index in [-0.39, 0.29) is 11.3 Å². The van der Waals surface area contributed by atoms with Gasteiger partial charge in [0, 0.05) is 44.1 Å². The van der Waals surface area contributed by atoms with E-state index in [1.54, 1.807) is 0 Å². The van der Waals surface area contributed by atoms with Crippen LogP contribution < -0.4 is 0 Å². The van der Waals surface area contributed by atoms with Crippen molar-refractivity contribution in [2.75, 3.05) is 32.8 Å². The van der Waals surface area contributed by atoms with Crippen LogP contribution in [0.15, 0.2) is 60.7 Å². The van der Waals surface area contributed by atoms with E-state index >= 15 is 0 Å². The van der Waals surface area contributed by atoms with E-state index in [0.717, 1.165) is 26.2 Å². The van der Waals surface area contributed by atoms with Crippen molar-refractivity contribution < 1.29 is 9.53 Å². The number of carbonyl (C=O) groups is 1. The Morgan fingerprint density at radius 2 is 1.74 bits per heavy atom. The Bertz CT molecular complexity index is 764. The number of nitrogens with zero attached hydrogens (tertiary/aromatic N) is 2. The number of carbonyl (C=O) groups excluding carboxylic acids is 1. The molecule has 2 heterocycles. The highest BCUT2D eigenvalue weighted by Gasteiger charge is 2.46. The molecule has 0 aliphatic carbocycles. The van der Waals surface area contributed by atoms with Gasteiger partial charge in [-0.1, -0.05) is 60.7 Å². The second-order valence-corrected chi connectivity index (χ2v) is 8.02. The normalized spacial score (nSPS) is 24.9. The van der Waals surface area contributed by atoms with E-state index in [1.807, 2.05) is 23.1 Å². The molecule has 2 aromatic rings. The summed E-state index contributed by atoms with van der Waals surface area (Å²) in [5, 5.41) is 0.